The van der Waals surface area contributed by atoms with Crippen LogP contribution in [0.15, 0.2) is 108 Å². The van der Waals surface area contributed by atoms with E-state index in [-0.39, 0.29) is 18.3 Å². The Kier molecular flexibility index (Phi) is 14.3. The minimum absolute atomic E-state index is 0.144. The highest BCUT2D eigenvalue weighted by molar-refractivity contribution is 5.71. The number of aromatic nitrogens is 1. The van der Waals surface area contributed by atoms with Gasteiger partial charge in [-0.25, -0.2) is 9.78 Å². The molecule has 1 heterocycles. The number of methoxy groups -OCH3 is 2. The molecule has 0 spiro atoms. The minimum atomic E-state index is -0.427. The number of nitrogens with zero attached hydrogens (tertiary/aromatic N) is 2. The van der Waals surface area contributed by atoms with Gasteiger partial charge in [-0.05, 0) is 62.4 Å². The third-order valence-electron chi connectivity index (χ3n) is 7.55. The van der Waals surface area contributed by atoms with Gasteiger partial charge in [-0.2, -0.15) is 0 Å². The van der Waals surface area contributed by atoms with Gasteiger partial charge in [0, 0.05) is 36.2 Å². The molecule has 0 bridgehead atoms. The molecule has 0 saturated carbocycles. The summed E-state index contributed by atoms with van der Waals surface area (Å²) in [6.07, 6.45) is 0.178. The second kappa shape index (κ2) is 19.3. The van der Waals surface area contributed by atoms with E-state index in [0.29, 0.717) is 50.1 Å². The fraction of sp³-hybridized carbons (Fsp3) is 0.256. The Labute approximate surface area is 292 Å². The lowest BCUT2D eigenvalue weighted by atomic mass is 10.2. The zero-order valence-corrected chi connectivity index (χ0v) is 28.8. The maximum atomic E-state index is 12.8. The molecule has 262 valence electrons. The highest BCUT2D eigenvalue weighted by atomic mass is 16.6. The summed E-state index contributed by atoms with van der Waals surface area (Å²) in [5.41, 5.74) is 3.47. The first kappa shape index (κ1) is 37.0. The SMILES string of the molecule is CCN(Cc1ccccc1OCCc1nc(-c2ccccc2)oc1C)C(=O)Oc1ccc(OC)cc1.COC(=O)CNCc1ccccc1O. The van der Waals surface area contributed by atoms with Crippen LogP contribution in [0.3, 0.4) is 0 Å². The number of aryl methyl sites for hydroxylation is 1. The van der Waals surface area contributed by atoms with Crippen LogP contribution in [-0.2, 0) is 29.0 Å². The average Bonchev–Trinajstić information content (AvgIpc) is 3.52. The largest absolute Gasteiger partial charge is 0.508 e. The molecule has 50 heavy (non-hydrogen) atoms. The number of ether oxygens (including phenoxy) is 4. The Hall–Kier alpha value is -5.81. The van der Waals surface area contributed by atoms with Crippen LogP contribution < -0.4 is 19.5 Å². The second-order valence-electron chi connectivity index (χ2n) is 11.0. The van der Waals surface area contributed by atoms with E-state index in [2.05, 4.69) is 15.0 Å². The standard InChI is InChI=1S/C29H30N2O5.C10H13NO3/c1-4-31(29(32)36-25-16-14-24(33-3)15-17-25)20-23-12-8-9-13-27(23)34-19-18-26-21(2)35-28(30-26)22-10-6-5-7-11-22;1-14-10(13)7-11-6-8-4-2-3-5-9(8)12/h5-17H,4,18-20H2,1-3H3;2-5,11-12H,6-7H2,1H3. The predicted molar refractivity (Wildman–Crippen MR) is 189 cm³/mol. The number of rotatable bonds is 14. The smallest absolute Gasteiger partial charge is 0.415 e. The van der Waals surface area contributed by atoms with E-state index in [9.17, 15) is 14.7 Å². The van der Waals surface area contributed by atoms with Crippen LogP contribution in [0.2, 0.25) is 0 Å². The molecule has 11 heteroatoms. The Morgan fingerprint density at radius 3 is 2.20 bits per heavy atom. The number of esters is 1. The molecular weight excluding hydrogens is 638 g/mol. The van der Waals surface area contributed by atoms with E-state index in [1.165, 1.54) is 7.11 Å². The quantitative estimate of drug-likeness (QED) is 0.119. The molecule has 0 aliphatic carbocycles. The van der Waals surface area contributed by atoms with Crippen LogP contribution in [0.5, 0.6) is 23.0 Å². The molecule has 0 saturated heterocycles. The lowest BCUT2D eigenvalue weighted by Crippen LogP contribution is -2.33. The topological polar surface area (TPSA) is 133 Å². The van der Waals surface area contributed by atoms with Crippen molar-refractivity contribution in [3.05, 3.63) is 126 Å². The van der Waals surface area contributed by atoms with Gasteiger partial charge in [0.1, 0.15) is 28.8 Å². The maximum absolute atomic E-state index is 12.8. The number of phenolic OH excluding ortho intramolecular Hbond substituents is 1. The zero-order valence-electron chi connectivity index (χ0n) is 28.8. The van der Waals surface area contributed by atoms with E-state index >= 15 is 0 Å². The first-order valence-electron chi connectivity index (χ1n) is 16.2. The molecule has 1 aromatic heterocycles. The molecule has 0 aliphatic heterocycles. The Balaban J connectivity index is 0.000000337. The van der Waals surface area contributed by atoms with Crippen LogP contribution in [0.25, 0.3) is 11.5 Å². The molecule has 0 unspecified atom stereocenters. The van der Waals surface area contributed by atoms with Gasteiger partial charge in [0.2, 0.25) is 5.89 Å². The van der Waals surface area contributed by atoms with E-state index in [1.54, 1.807) is 54.5 Å². The summed E-state index contributed by atoms with van der Waals surface area (Å²) in [7, 11) is 2.93. The molecule has 5 aromatic rings. The van der Waals surface area contributed by atoms with Crippen molar-refractivity contribution in [1.82, 2.24) is 15.2 Å². The third kappa shape index (κ3) is 11.1. The molecule has 0 atom stereocenters. The molecule has 11 nitrogen and oxygen atoms in total. The third-order valence-corrected chi connectivity index (χ3v) is 7.55. The number of oxazole rings is 1. The summed E-state index contributed by atoms with van der Waals surface area (Å²) < 4.78 is 27.1. The predicted octanol–water partition coefficient (Wildman–Crippen LogP) is 6.96. The van der Waals surface area contributed by atoms with Crippen molar-refractivity contribution in [1.29, 1.82) is 0 Å². The summed E-state index contributed by atoms with van der Waals surface area (Å²) in [5, 5.41) is 12.2. The van der Waals surface area contributed by atoms with Crippen LogP contribution in [0.1, 0.15) is 29.5 Å². The van der Waals surface area contributed by atoms with Gasteiger partial charge in [0.05, 0.1) is 39.6 Å². The average molecular weight is 682 g/mol. The van der Waals surface area contributed by atoms with Crippen molar-refractivity contribution < 1.29 is 38.1 Å². The molecule has 2 N–H and O–H groups in total. The molecule has 1 amide bonds. The molecule has 0 radical (unpaired) electrons. The summed E-state index contributed by atoms with van der Waals surface area (Å²) >= 11 is 0. The van der Waals surface area contributed by atoms with Gasteiger partial charge in [-0.15, -0.1) is 0 Å². The highest BCUT2D eigenvalue weighted by Crippen LogP contribution is 2.24. The minimum Gasteiger partial charge on any atom is -0.508 e. The first-order chi connectivity index (χ1) is 24.3. The number of nitrogens with one attached hydrogen (secondary N) is 1. The number of para-hydroxylation sites is 2. The highest BCUT2D eigenvalue weighted by Gasteiger charge is 2.18. The summed E-state index contributed by atoms with van der Waals surface area (Å²) in [4.78, 5) is 29.8. The molecule has 0 aliphatic rings. The van der Waals surface area contributed by atoms with Crippen molar-refractivity contribution in [2.24, 2.45) is 0 Å². The number of amides is 1. The van der Waals surface area contributed by atoms with Crippen molar-refractivity contribution in [3.63, 3.8) is 0 Å². The number of carbonyl (C=O) groups excluding carboxylic acids is 2. The van der Waals surface area contributed by atoms with Gasteiger partial charge in [-0.1, -0.05) is 54.6 Å². The Morgan fingerprint density at radius 2 is 1.52 bits per heavy atom. The lowest BCUT2D eigenvalue weighted by Gasteiger charge is -2.22. The Morgan fingerprint density at radius 1 is 0.860 bits per heavy atom. The summed E-state index contributed by atoms with van der Waals surface area (Å²) in [6, 6.07) is 31.4. The van der Waals surface area contributed by atoms with E-state index < -0.39 is 6.09 Å². The monoisotopic (exact) mass is 681 g/mol. The molecular formula is C39H43N3O8. The van der Waals surface area contributed by atoms with Crippen LogP contribution >= 0.6 is 0 Å². The number of hydrogen-bond donors (Lipinski definition) is 2. The number of phenols is 1. The number of carbonyl (C=O) groups is 2. The summed E-state index contributed by atoms with van der Waals surface area (Å²) in [5.74, 6) is 3.18. The van der Waals surface area contributed by atoms with E-state index in [4.69, 9.17) is 18.6 Å². The van der Waals surface area contributed by atoms with Crippen LogP contribution in [-0.4, -0.2) is 61.0 Å². The van der Waals surface area contributed by atoms with Crippen molar-refractivity contribution in [2.75, 3.05) is 33.9 Å². The first-order valence-corrected chi connectivity index (χ1v) is 16.2. The normalized spacial score (nSPS) is 10.4. The fourth-order valence-electron chi connectivity index (χ4n) is 4.75. The van der Waals surface area contributed by atoms with Crippen LogP contribution in [0, 0.1) is 6.92 Å². The summed E-state index contributed by atoms with van der Waals surface area (Å²) in [6.45, 7) is 5.70. The maximum Gasteiger partial charge on any atom is 0.415 e. The van der Waals surface area contributed by atoms with Crippen LogP contribution in [0.4, 0.5) is 4.79 Å². The van der Waals surface area contributed by atoms with Crippen molar-refractivity contribution >= 4 is 12.1 Å². The molecule has 4 aromatic carbocycles. The Bertz CT molecular complexity index is 1790. The van der Waals surface area contributed by atoms with Gasteiger partial charge in [0.25, 0.3) is 0 Å². The number of benzene rings is 4. The van der Waals surface area contributed by atoms with E-state index in [1.807, 2.05) is 74.5 Å². The second-order valence-corrected chi connectivity index (χ2v) is 11.0. The van der Waals surface area contributed by atoms with Gasteiger partial charge < -0.3 is 38.7 Å². The van der Waals surface area contributed by atoms with E-state index in [0.717, 1.165) is 33.9 Å². The number of hydrogen-bond acceptors (Lipinski definition) is 10. The van der Waals surface area contributed by atoms with Gasteiger partial charge in [0.15, 0.2) is 0 Å². The van der Waals surface area contributed by atoms with Gasteiger partial charge in [-0.3, -0.25) is 4.79 Å². The fourth-order valence-corrected chi connectivity index (χ4v) is 4.75. The van der Waals surface area contributed by atoms with Crippen molar-refractivity contribution in [2.45, 2.75) is 33.4 Å². The molecule has 0 fully saturated rings. The number of aromatic hydroxyl groups is 1. The zero-order chi connectivity index (χ0) is 35.7. The van der Waals surface area contributed by atoms with Crippen molar-refractivity contribution in [3.8, 4) is 34.5 Å². The lowest BCUT2D eigenvalue weighted by molar-refractivity contribution is -0.139. The van der Waals surface area contributed by atoms with Gasteiger partial charge >= 0.3 is 12.1 Å². The molecule has 5 rings (SSSR count).